The van der Waals surface area contributed by atoms with Crippen molar-refractivity contribution in [2.24, 2.45) is 0 Å². The number of hydrogen-bond acceptors (Lipinski definition) is 3. The van der Waals surface area contributed by atoms with Gasteiger partial charge in [-0.3, -0.25) is 0 Å². The van der Waals surface area contributed by atoms with Gasteiger partial charge >= 0.3 is 0 Å². The number of nitrogens with zero attached hydrogens (tertiary/aromatic N) is 2. The Kier molecular flexibility index (Phi) is 7.37. The van der Waals surface area contributed by atoms with Gasteiger partial charge in [0.25, 0.3) is 0 Å². The summed E-state index contributed by atoms with van der Waals surface area (Å²) in [5.74, 6) is 0. The van der Waals surface area contributed by atoms with Crippen LogP contribution in [0.5, 0.6) is 0 Å². The van der Waals surface area contributed by atoms with Gasteiger partial charge in [-0.25, -0.2) is 4.98 Å². The second kappa shape index (κ2) is 12.6. The molecule has 0 spiro atoms. The second-order valence-corrected chi connectivity index (χ2v) is 14.2. The van der Waals surface area contributed by atoms with Crippen LogP contribution in [0.25, 0.3) is 75.4 Å². The molecule has 244 valence electrons. The highest BCUT2D eigenvalue weighted by molar-refractivity contribution is 7.25. The minimum Gasteiger partial charge on any atom is -0.310 e. The number of thiophene rings is 1. The van der Waals surface area contributed by atoms with Crippen LogP contribution in [0, 0.1) is 0 Å². The summed E-state index contributed by atoms with van der Waals surface area (Å²) in [5.41, 5.74) is 11.2. The summed E-state index contributed by atoms with van der Waals surface area (Å²) in [4.78, 5) is 7.53. The molecule has 0 fully saturated rings. The maximum atomic E-state index is 5.15. The molecule has 10 rings (SSSR count). The van der Waals surface area contributed by atoms with Crippen LogP contribution in [0.2, 0.25) is 0 Å². The summed E-state index contributed by atoms with van der Waals surface area (Å²) in [6, 6.07) is 69.9. The third kappa shape index (κ3) is 5.22. The number of hydrogen-bond donors (Lipinski definition) is 0. The third-order valence-electron chi connectivity index (χ3n) is 10.1. The smallest absolute Gasteiger partial charge is 0.0895 e. The molecule has 0 radical (unpaired) electrons. The van der Waals surface area contributed by atoms with E-state index < -0.39 is 0 Å². The molecule has 0 N–H and O–H groups in total. The molecule has 0 atom stereocenters. The number of benzene rings is 8. The Morgan fingerprint density at radius 1 is 0.385 bits per heavy atom. The number of aromatic nitrogens is 1. The minimum absolute atomic E-state index is 0.978. The van der Waals surface area contributed by atoms with E-state index in [0.29, 0.717) is 0 Å². The fourth-order valence-electron chi connectivity index (χ4n) is 7.57. The highest BCUT2D eigenvalue weighted by Gasteiger charge is 2.18. The standard InChI is InChI=1S/C49H32N2S/c1-2-12-33(13-3-1)40-16-8-10-20-46(40)51(38-28-24-35(25-29-38)45-30-31-48-49(50-45)43-19-9-11-21-47(43)52-48)37-26-22-34(23-27-37)44-32-36-14-4-5-15-39(36)41-17-6-7-18-42(41)44/h1-32H. The van der Waals surface area contributed by atoms with Gasteiger partial charge in [-0.1, -0.05) is 140 Å². The maximum absolute atomic E-state index is 5.15. The summed E-state index contributed by atoms with van der Waals surface area (Å²) >= 11 is 1.80. The lowest BCUT2D eigenvalue weighted by Crippen LogP contribution is -2.11. The zero-order chi connectivity index (χ0) is 34.4. The number of rotatable bonds is 6. The van der Waals surface area contributed by atoms with E-state index in [0.717, 1.165) is 33.8 Å². The lowest BCUT2D eigenvalue weighted by atomic mass is 9.93. The van der Waals surface area contributed by atoms with E-state index in [9.17, 15) is 0 Å². The SMILES string of the molecule is c1ccc(-c2ccccc2N(c2ccc(-c3ccc4sc5ccccc5c4n3)cc2)c2ccc(-c3cc4ccccc4c4ccccc34)cc2)cc1. The average Bonchev–Trinajstić information content (AvgIpc) is 3.60. The first-order valence-electron chi connectivity index (χ1n) is 17.6. The van der Waals surface area contributed by atoms with Gasteiger partial charge < -0.3 is 4.90 Å². The Labute approximate surface area is 306 Å². The van der Waals surface area contributed by atoms with Crippen LogP contribution in [0.1, 0.15) is 0 Å². The molecule has 0 saturated heterocycles. The molecule has 52 heavy (non-hydrogen) atoms. The second-order valence-electron chi connectivity index (χ2n) is 13.1. The van der Waals surface area contributed by atoms with Crippen molar-refractivity contribution in [3.63, 3.8) is 0 Å². The number of para-hydroxylation sites is 1. The van der Waals surface area contributed by atoms with E-state index in [1.165, 1.54) is 58.6 Å². The van der Waals surface area contributed by atoms with Crippen LogP contribution in [0.15, 0.2) is 194 Å². The van der Waals surface area contributed by atoms with Crippen LogP contribution in [0.3, 0.4) is 0 Å². The van der Waals surface area contributed by atoms with Gasteiger partial charge in [0.15, 0.2) is 0 Å². The van der Waals surface area contributed by atoms with Gasteiger partial charge in [0.05, 0.1) is 21.6 Å². The summed E-state index contributed by atoms with van der Waals surface area (Å²) in [6.07, 6.45) is 0. The van der Waals surface area contributed by atoms with E-state index in [-0.39, 0.29) is 0 Å². The fraction of sp³-hybridized carbons (Fsp3) is 0. The zero-order valence-corrected chi connectivity index (χ0v) is 29.1. The molecule has 2 heterocycles. The van der Waals surface area contributed by atoms with Gasteiger partial charge in [0.2, 0.25) is 0 Å². The van der Waals surface area contributed by atoms with Crippen molar-refractivity contribution in [1.82, 2.24) is 4.98 Å². The molecule has 0 amide bonds. The van der Waals surface area contributed by atoms with Crippen molar-refractivity contribution in [3.05, 3.63) is 194 Å². The Bertz CT molecular complexity index is 2890. The van der Waals surface area contributed by atoms with Gasteiger partial charge in [-0.05, 0) is 92.8 Å². The van der Waals surface area contributed by atoms with Crippen LogP contribution in [0.4, 0.5) is 17.1 Å². The molecule has 0 aliphatic heterocycles. The van der Waals surface area contributed by atoms with Crippen LogP contribution >= 0.6 is 11.3 Å². The maximum Gasteiger partial charge on any atom is 0.0895 e. The molecule has 0 aliphatic rings. The van der Waals surface area contributed by atoms with Crippen molar-refractivity contribution < 1.29 is 0 Å². The topological polar surface area (TPSA) is 16.1 Å². The lowest BCUT2D eigenvalue weighted by molar-refractivity contribution is 1.28. The van der Waals surface area contributed by atoms with Crippen molar-refractivity contribution in [3.8, 4) is 33.5 Å². The highest BCUT2D eigenvalue weighted by Crippen LogP contribution is 2.43. The minimum atomic E-state index is 0.978. The first kappa shape index (κ1) is 30.3. The van der Waals surface area contributed by atoms with E-state index in [1.807, 2.05) is 0 Å². The summed E-state index contributed by atoms with van der Waals surface area (Å²) in [7, 11) is 0. The Morgan fingerprint density at radius 2 is 0.981 bits per heavy atom. The molecule has 8 aromatic carbocycles. The summed E-state index contributed by atoms with van der Waals surface area (Å²) in [5, 5.41) is 6.28. The molecule has 10 aromatic rings. The molecule has 0 aliphatic carbocycles. The predicted octanol–water partition coefficient (Wildman–Crippen LogP) is 14.2. The molecule has 0 saturated carbocycles. The van der Waals surface area contributed by atoms with Crippen LogP contribution in [-0.4, -0.2) is 4.98 Å². The first-order chi connectivity index (χ1) is 25.8. The van der Waals surface area contributed by atoms with Crippen molar-refractivity contribution >= 4 is 70.2 Å². The van der Waals surface area contributed by atoms with Gasteiger partial charge in [0, 0.05) is 32.6 Å². The lowest BCUT2D eigenvalue weighted by Gasteiger charge is -2.28. The van der Waals surface area contributed by atoms with Crippen molar-refractivity contribution in [2.75, 3.05) is 4.90 Å². The first-order valence-corrected chi connectivity index (χ1v) is 18.4. The van der Waals surface area contributed by atoms with Crippen LogP contribution < -0.4 is 4.90 Å². The molecule has 0 bridgehead atoms. The van der Waals surface area contributed by atoms with E-state index in [1.54, 1.807) is 11.3 Å². The Hall–Kier alpha value is -6.55. The Morgan fingerprint density at radius 3 is 1.77 bits per heavy atom. The molecule has 3 heteroatoms. The van der Waals surface area contributed by atoms with Crippen molar-refractivity contribution in [2.45, 2.75) is 0 Å². The van der Waals surface area contributed by atoms with E-state index in [4.69, 9.17) is 4.98 Å². The molecular weight excluding hydrogens is 649 g/mol. The average molecular weight is 681 g/mol. The third-order valence-corrected chi connectivity index (χ3v) is 11.2. The highest BCUT2D eigenvalue weighted by atomic mass is 32.1. The number of anilines is 3. The van der Waals surface area contributed by atoms with Crippen LogP contribution in [-0.2, 0) is 0 Å². The quantitative estimate of drug-likeness (QED) is 0.163. The molecule has 0 unspecified atom stereocenters. The van der Waals surface area contributed by atoms with Gasteiger partial charge in [-0.15, -0.1) is 11.3 Å². The van der Waals surface area contributed by atoms with Gasteiger partial charge in [-0.2, -0.15) is 0 Å². The van der Waals surface area contributed by atoms with Gasteiger partial charge in [0.1, 0.15) is 0 Å². The largest absolute Gasteiger partial charge is 0.310 e. The van der Waals surface area contributed by atoms with Crippen molar-refractivity contribution in [1.29, 1.82) is 0 Å². The monoisotopic (exact) mass is 680 g/mol. The zero-order valence-electron chi connectivity index (χ0n) is 28.3. The molecule has 2 aromatic heterocycles. The molecule has 2 nitrogen and oxygen atoms in total. The predicted molar refractivity (Wildman–Crippen MR) is 223 cm³/mol. The molecular formula is C49H32N2S. The number of fused-ring (bicyclic) bond motifs is 6. The normalized spacial score (nSPS) is 11.5. The number of pyridine rings is 1. The summed E-state index contributed by atoms with van der Waals surface area (Å²) in [6.45, 7) is 0. The fourth-order valence-corrected chi connectivity index (χ4v) is 8.62. The summed E-state index contributed by atoms with van der Waals surface area (Å²) < 4.78 is 2.48. The Balaban J connectivity index is 1.09. The van der Waals surface area contributed by atoms with E-state index >= 15 is 0 Å². The van der Waals surface area contributed by atoms with E-state index in [2.05, 4.69) is 199 Å².